The Labute approximate surface area is 154 Å². The monoisotopic (exact) mass is 357 g/mol. The molecule has 0 radical (unpaired) electrons. The van der Waals surface area contributed by atoms with Crippen molar-refractivity contribution in [1.82, 2.24) is 15.5 Å². The molecule has 1 unspecified atom stereocenters. The number of hydrogen-bond acceptors (Lipinski definition) is 4. The van der Waals surface area contributed by atoms with Crippen molar-refractivity contribution < 1.29 is 4.79 Å². The van der Waals surface area contributed by atoms with Crippen LogP contribution in [0.4, 0.5) is 0 Å². The number of rotatable bonds is 13. The Morgan fingerprint density at radius 3 is 2.12 bits per heavy atom. The van der Waals surface area contributed by atoms with E-state index < -0.39 is 0 Å². The molecule has 1 aliphatic heterocycles. The van der Waals surface area contributed by atoms with Gasteiger partial charge in [0, 0.05) is 31.6 Å². The van der Waals surface area contributed by atoms with Crippen LogP contribution in [0.1, 0.15) is 66.2 Å². The van der Waals surface area contributed by atoms with E-state index in [1.807, 2.05) is 0 Å². The van der Waals surface area contributed by atoms with Crippen molar-refractivity contribution in [3.05, 3.63) is 0 Å². The smallest absolute Gasteiger partial charge is 0.228 e. The summed E-state index contributed by atoms with van der Waals surface area (Å²) in [5.74, 6) is 0.921. The summed E-state index contributed by atoms with van der Waals surface area (Å²) < 4.78 is 0. The fraction of sp³-hybridized carbons (Fsp3) is 0.947. The molecule has 4 nitrogen and oxygen atoms in total. The maximum atomic E-state index is 12.3. The van der Waals surface area contributed by atoms with Crippen LogP contribution in [0, 0.1) is 11.3 Å². The van der Waals surface area contributed by atoms with Crippen LogP contribution in [-0.2, 0) is 4.79 Å². The minimum Gasteiger partial charge on any atom is -0.356 e. The Morgan fingerprint density at radius 2 is 1.58 bits per heavy atom. The van der Waals surface area contributed by atoms with Crippen LogP contribution in [0.2, 0.25) is 0 Å². The van der Waals surface area contributed by atoms with Gasteiger partial charge in [0.15, 0.2) is 0 Å². The van der Waals surface area contributed by atoms with Crippen LogP contribution in [0.25, 0.3) is 0 Å². The van der Waals surface area contributed by atoms with Crippen LogP contribution in [-0.4, -0.2) is 48.9 Å². The van der Waals surface area contributed by atoms with Gasteiger partial charge in [-0.3, -0.25) is 4.79 Å². The third-order valence-corrected chi connectivity index (χ3v) is 4.83. The van der Waals surface area contributed by atoms with Crippen molar-refractivity contribution in [1.29, 1.82) is 0 Å². The molecule has 1 aliphatic rings. The highest BCUT2D eigenvalue weighted by molar-refractivity contribution is 7.80. The van der Waals surface area contributed by atoms with Gasteiger partial charge < -0.3 is 15.5 Å². The topological polar surface area (TPSA) is 44.4 Å². The van der Waals surface area contributed by atoms with Crippen LogP contribution in [0.15, 0.2) is 0 Å². The molecule has 0 spiro atoms. The Hall–Kier alpha value is -0.260. The number of carbonyl (C=O) groups excluding carboxylic acids is 1. The van der Waals surface area contributed by atoms with Crippen LogP contribution in [0.3, 0.4) is 0 Å². The van der Waals surface area contributed by atoms with Crippen LogP contribution in [0.5, 0.6) is 0 Å². The molecule has 1 rings (SSSR count). The molecule has 0 aliphatic carbocycles. The van der Waals surface area contributed by atoms with E-state index in [0.717, 1.165) is 39.1 Å². The lowest BCUT2D eigenvalue weighted by atomic mass is 9.80. The zero-order valence-electron chi connectivity index (χ0n) is 16.2. The SMILES string of the molecule is CC(C)CN1CC(C)(C(=O)NCCCCCCCCNC(C)S)C1. The Kier molecular flexibility index (Phi) is 10.3. The van der Waals surface area contributed by atoms with E-state index in [1.165, 1.54) is 32.1 Å². The lowest BCUT2D eigenvalue weighted by Gasteiger charge is -2.47. The van der Waals surface area contributed by atoms with Gasteiger partial charge in [-0.05, 0) is 39.2 Å². The summed E-state index contributed by atoms with van der Waals surface area (Å²) in [4.78, 5) is 14.7. The predicted octanol–water partition coefficient (Wildman–Crippen LogP) is 3.29. The highest BCUT2D eigenvalue weighted by Crippen LogP contribution is 2.30. The fourth-order valence-electron chi connectivity index (χ4n) is 3.41. The number of carbonyl (C=O) groups is 1. The van der Waals surface area contributed by atoms with Crippen molar-refractivity contribution in [2.24, 2.45) is 11.3 Å². The largest absolute Gasteiger partial charge is 0.356 e. The van der Waals surface area contributed by atoms with Crippen LogP contribution < -0.4 is 10.6 Å². The summed E-state index contributed by atoms with van der Waals surface area (Å²) in [5.41, 5.74) is -0.161. The minimum absolute atomic E-state index is 0.161. The van der Waals surface area contributed by atoms with Gasteiger partial charge in [0.25, 0.3) is 0 Å². The van der Waals surface area contributed by atoms with E-state index in [1.54, 1.807) is 0 Å². The number of nitrogens with one attached hydrogen (secondary N) is 2. The third kappa shape index (κ3) is 8.72. The zero-order valence-corrected chi connectivity index (χ0v) is 17.1. The quantitative estimate of drug-likeness (QED) is 0.269. The van der Waals surface area contributed by atoms with Gasteiger partial charge in [-0.1, -0.05) is 39.5 Å². The molecule has 2 N–H and O–H groups in total. The number of hydrogen-bond donors (Lipinski definition) is 3. The van der Waals surface area contributed by atoms with Crippen molar-refractivity contribution >= 4 is 18.5 Å². The normalized spacial score (nSPS) is 18.4. The fourth-order valence-corrected chi connectivity index (χ4v) is 3.54. The van der Waals surface area contributed by atoms with Crippen molar-refractivity contribution in [2.45, 2.75) is 71.6 Å². The second-order valence-corrected chi connectivity index (χ2v) is 8.91. The van der Waals surface area contributed by atoms with E-state index in [9.17, 15) is 4.79 Å². The summed E-state index contributed by atoms with van der Waals surface area (Å²) in [6.07, 6.45) is 7.39. The number of unbranched alkanes of at least 4 members (excludes halogenated alkanes) is 5. The van der Waals surface area contributed by atoms with Crippen molar-refractivity contribution in [2.75, 3.05) is 32.7 Å². The van der Waals surface area contributed by atoms with E-state index in [2.05, 4.69) is 55.9 Å². The van der Waals surface area contributed by atoms with E-state index in [4.69, 9.17) is 0 Å². The summed E-state index contributed by atoms with van der Waals surface area (Å²) in [6, 6.07) is 0. The van der Waals surface area contributed by atoms with Gasteiger partial charge in [-0.25, -0.2) is 0 Å². The molecule has 0 saturated carbocycles. The zero-order chi connectivity index (χ0) is 18.0. The molecular weight excluding hydrogens is 318 g/mol. The van der Waals surface area contributed by atoms with E-state index in [0.29, 0.717) is 11.3 Å². The van der Waals surface area contributed by atoms with Gasteiger partial charge in [0.1, 0.15) is 0 Å². The first-order valence-corrected chi connectivity index (χ1v) is 10.3. The molecular formula is C19H39N3OS. The molecule has 24 heavy (non-hydrogen) atoms. The van der Waals surface area contributed by atoms with E-state index in [-0.39, 0.29) is 11.3 Å². The number of likely N-dealkylation sites (tertiary alicyclic amines) is 1. The molecule has 142 valence electrons. The lowest BCUT2D eigenvalue weighted by molar-refractivity contribution is -0.140. The Bertz CT molecular complexity index is 355. The number of nitrogens with zero attached hydrogens (tertiary/aromatic N) is 1. The average Bonchev–Trinajstić information content (AvgIpc) is 2.46. The van der Waals surface area contributed by atoms with Crippen molar-refractivity contribution in [3.8, 4) is 0 Å². The van der Waals surface area contributed by atoms with Gasteiger partial charge in [0.05, 0.1) is 5.41 Å². The molecule has 0 aromatic heterocycles. The Balaban J connectivity index is 1.93. The van der Waals surface area contributed by atoms with Crippen LogP contribution >= 0.6 is 12.6 Å². The summed E-state index contributed by atoms with van der Waals surface area (Å²) in [5, 5.41) is 6.75. The predicted molar refractivity (Wildman–Crippen MR) is 107 cm³/mol. The molecule has 1 atom stereocenters. The second kappa shape index (κ2) is 11.4. The number of amides is 1. The summed E-state index contributed by atoms with van der Waals surface area (Å²) >= 11 is 4.30. The molecule has 0 aromatic carbocycles. The first-order valence-electron chi connectivity index (χ1n) is 9.75. The maximum Gasteiger partial charge on any atom is 0.228 e. The summed E-state index contributed by atoms with van der Waals surface area (Å²) in [6.45, 7) is 13.4. The molecule has 1 saturated heterocycles. The highest BCUT2D eigenvalue weighted by Gasteiger charge is 2.44. The van der Waals surface area contributed by atoms with Gasteiger partial charge in [-0.15, -0.1) is 0 Å². The first kappa shape index (κ1) is 21.8. The van der Waals surface area contributed by atoms with Crippen molar-refractivity contribution in [3.63, 3.8) is 0 Å². The average molecular weight is 358 g/mol. The molecule has 0 bridgehead atoms. The lowest BCUT2D eigenvalue weighted by Crippen LogP contribution is -2.62. The Morgan fingerprint density at radius 1 is 1.04 bits per heavy atom. The minimum atomic E-state index is -0.161. The molecule has 5 heteroatoms. The molecule has 0 aromatic rings. The number of thiol groups is 1. The standard InChI is InChI=1S/C19H39N3OS/c1-16(2)13-22-14-19(4,15-22)18(23)21-12-10-8-6-5-7-9-11-20-17(3)24/h16-17,20,24H,5-15H2,1-4H3,(H,21,23). The first-order chi connectivity index (χ1) is 11.3. The van der Waals surface area contributed by atoms with Gasteiger partial charge >= 0.3 is 0 Å². The summed E-state index contributed by atoms with van der Waals surface area (Å²) in [7, 11) is 0. The molecule has 1 fully saturated rings. The third-order valence-electron chi connectivity index (χ3n) is 4.65. The maximum absolute atomic E-state index is 12.3. The molecule has 1 amide bonds. The second-order valence-electron chi connectivity index (χ2n) is 8.13. The van der Waals surface area contributed by atoms with Gasteiger partial charge in [0.2, 0.25) is 5.91 Å². The van der Waals surface area contributed by atoms with Gasteiger partial charge in [-0.2, -0.15) is 12.6 Å². The van der Waals surface area contributed by atoms with E-state index >= 15 is 0 Å². The highest BCUT2D eigenvalue weighted by atomic mass is 32.1. The molecule has 1 heterocycles.